The number of hydrogen-bond acceptors (Lipinski definition) is 2. The van der Waals surface area contributed by atoms with Gasteiger partial charge in [-0.25, -0.2) is 0 Å². The molecule has 0 aliphatic carbocycles. The minimum Gasteiger partial charge on any atom is -0.327 e. The number of nitrogens with one attached hydrogen (secondary N) is 1. The number of unbranched alkanes of at least 4 members (excludes halogenated alkanes) is 1. The summed E-state index contributed by atoms with van der Waals surface area (Å²) >= 11 is 6.76. The maximum atomic E-state index is 4.77. The zero-order valence-electron chi connectivity index (χ0n) is 30.2. The van der Waals surface area contributed by atoms with Crippen LogP contribution >= 0.6 is 24.4 Å². The summed E-state index contributed by atoms with van der Waals surface area (Å²) in [5, 5.41) is 5.31. The van der Waals surface area contributed by atoms with Gasteiger partial charge in [-0.3, -0.25) is 0 Å². The third-order valence-electron chi connectivity index (χ3n) is 9.71. The molecule has 1 unspecified atom stereocenters. The second-order valence-electron chi connectivity index (χ2n) is 12.6. The third-order valence-corrected chi connectivity index (χ3v) is 11.2. The Hall–Kier alpha value is -4.02. The lowest BCUT2D eigenvalue weighted by molar-refractivity contribution is -0.927. The van der Waals surface area contributed by atoms with E-state index < -0.39 is 0 Å². The van der Waals surface area contributed by atoms with E-state index in [1.807, 2.05) is 39.5 Å². The zero-order valence-corrected chi connectivity index (χ0v) is 31.9. The van der Waals surface area contributed by atoms with Gasteiger partial charge in [0.25, 0.3) is 0 Å². The van der Waals surface area contributed by atoms with E-state index in [0.29, 0.717) is 0 Å². The van der Waals surface area contributed by atoms with Gasteiger partial charge >= 0.3 is 0 Å². The first kappa shape index (κ1) is 35.8. The summed E-state index contributed by atoms with van der Waals surface area (Å²) in [5.41, 5.74) is 12.4. The van der Waals surface area contributed by atoms with Crippen molar-refractivity contribution in [1.82, 2.24) is 0 Å². The molecule has 1 nitrogen and oxygen atoms in total. The fourth-order valence-corrected chi connectivity index (χ4v) is 8.75. The second-order valence-corrected chi connectivity index (χ2v) is 14.1. The van der Waals surface area contributed by atoms with Crippen molar-refractivity contribution in [3.8, 4) is 11.1 Å². The van der Waals surface area contributed by atoms with Crippen LogP contribution in [0.2, 0.25) is 0 Å². The van der Waals surface area contributed by atoms with Crippen LogP contribution in [0.5, 0.6) is 0 Å². The molecule has 1 N–H and O–H groups in total. The first-order chi connectivity index (χ1) is 24.7. The Labute approximate surface area is 309 Å². The van der Waals surface area contributed by atoms with E-state index in [-0.39, 0.29) is 0 Å². The lowest BCUT2D eigenvalue weighted by Crippen LogP contribution is -3.09. The predicted molar refractivity (Wildman–Crippen MR) is 226 cm³/mol. The van der Waals surface area contributed by atoms with E-state index in [9.17, 15) is 0 Å². The average molecular weight is 693 g/mol. The highest BCUT2D eigenvalue weighted by molar-refractivity contribution is 8.07. The molecule has 0 fully saturated rings. The van der Waals surface area contributed by atoms with Gasteiger partial charge in [0.05, 0.1) is 6.54 Å². The number of quaternary nitrogens is 1. The lowest BCUT2D eigenvalue weighted by atomic mass is 9.84. The molecule has 1 atom stereocenters. The van der Waals surface area contributed by atoms with E-state index in [2.05, 4.69) is 134 Å². The largest absolute Gasteiger partial charge is 0.327 e. The van der Waals surface area contributed by atoms with Gasteiger partial charge in [0, 0.05) is 37.8 Å². The fourth-order valence-electron chi connectivity index (χ4n) is 7.39. The molecular formula is C47H50NS2+. The Morgan fingerprint density at radius 3 is 2.02 bits per heavy atom. The standard InChI is InChI=1S/C43H37NS2.2C2H6/c1-2-3-22-44-26-38-33(21-20-29-12-8-11-19-40(29)45)23-31-14-6-9-17-35(31)42(38)43-36-18-10-7-15-32(36)24-37(39(43)27-44)41-25-30-13-4-5-16-34(30)28-46-41;2*1-2/h4-21,23-25,45H,2-3,22,26-28H2,1H3;2*1-2H3/p+1/b21-20+;;. The van der Waals surface area contributed by atoms with E-state index in [1.54, 1.807) is 4.90 Å². The Morgan fingerprint density at radius 1 is 0.680 bits per heavy atom. The number of thiol groups is 1. The fraction of sp³-hybridized carbons (Fsp3) is 0.234. The predicted octanol–water partition coefficient (Wildman–Crippen LogP) is 12.6. The molecule has 0 aromatic heterocycles. The van der Waals surface area contributed by atoms with Gasteiger partial charge in [-0.2, -0.15) is 0 Å². The highest BCUT2D eigenvalue weighted by Crippen LogP contribution is 2.47. The summed E-state index contributed by atoms with van der Waals surface area (Å²) in [7, 11) is 0. The van der Waals surface area contributed by atoms with E-state index >= 15 is 0 Å². The second kappa shape index (κ2) is 16.8. The lowest BCUT2D eigenvalue weighted by Gasteiger charge is -2.23. The summed E-state index contributed by atoms with van der Waals surface area (Å²) in [4.78, 5) is 4.03. The van der Waals surface area contributed by atoms with Gasteiger partial charge in [-0.05, 0) is 80.1 Å². The Bertz CT molecular complexity index is 2170. The molecule has 2 heterocycles. The van der Waals surface area contributed by atoms with Gasteiger partial charge in [0.2, 0.25) is 0 Å². The van der Waals surface area contributed by atoms with Crippen molar-refractivity contribution < 1.29 is 4.90 Å². The highest BCUT2D eigenvalue weighted by atomic mass is 32.2. The van der Waals surface area contributed by atoms with E-state index in [1.165, 1.54) is 83.8 Å². The quantitative estimate of drug-likeness (QED) is 0.130. The van der Waals surface area contributed by atoms with Gasteiger partial charge < -0.3 is 4.90 Å². The molecule has 0 spiro atoms. The van der Waals surface area contributed by atoms with Crippen LogP contribution in [0.3, 0.4) is 0 Å². The van der Waals surface area contributed by atoms with Crippen LogP contribution in [0.15, 0.2) is 114 Å². The maximum Gasteiger partial charge on any atom is 0.104 e. The molecule has 0 radical (unpaired) electrons. The van der Waals surface area contributed by atoms with Crippen LogP contribution in [-0.2, 0) is 18.8 Å². The summed E-state index contributed by atoms with van der Waals surface area (Å²) in [5.74, 6) is 1.01. The minimum atomic E-state index is 1.000. The molecule has 0 saturated heterocycles. The van der Waals surface area contributed by atoms with Crippen molar-refractivity contribution in [3.63, 3.8) is 0 Å². The molecular weight excluding hydrogens is 643 g/mol. The normalized spacial score (nSPS) is 14.8. The number of fused-ring (bicyclic) bond motifs is 8. The number of rotatable bonds is 6. The van der Waals surface area contributed by atoms with E-state index in [4.69, 9.17) is 12.6 Å². The molecule has 0 saturated carbocycles. The van der Waals surface area contributed by atoms with Gasteiger partial charge in [-0.1, -0.05) is 144 Å². The topological polar surface area (TPSA) is 4.44 Å². The maximum absolute atomic E-state index is 4.77. The van der Waals surface area contributed by atoms with Crippen molar-refractivity contribution in [1.29, 1.82) is 0 Å². The van der Waals surface area contributed by atoms with Gasteiger partial charge in [0.1, 0.15) is 13.1 Å². The summed E-state index contributed by atoms with van der Waals surface area (Å²) in [6, 6.07) is 40.2. The molecule has 0 amide bonds. The number of hydrogen-bond donors (Lipinski definition) is 2. The van der Waals surface area contributed by atoms with Crippen molar-refractivity contribution in [2.45, 2.75) is 71.2 Å². The first-order valence-corrected chi connectivity index (χ1v) is 19.9. The summed E-state index contributed by atoms with van der Waals surface area (Å²) in [6.07, 6.45) is 9.46. The van der Waals surface area contributed by atoms with Crippen LogP contribution < -0.4 is 4.90 Å². The van der Waals surface area contributed by atoms with Crippen LogP contribution in [0, 0.1) is 0 Å². The van der Waals surface area contributed by atoms with Gasteiger partial charge in [-0.15, -0.1) is 24.4 Å². The zero-order chi connectivity index (χ0) is 35.0. The molecule has 6 aromatic rings. The first-order valence-electron chi connectivity index (χ1n) is 18.5. The average Bonchev–Trinajstić information content (AvgIpc) is 3.35. The summed E-state index contributed by atoms with van der Waals surface area (Å²) < 4.78 is 0. The molecule has 254 valence electrons. The molecule has 50 heavy (non-hydrogen) atoms. The van der Waals surface area contributed by atoms with Crippen LogP contribution in [0.25, 0.3) is 55.8 Å². The Balaban J connectivity index is 0.00000104. The monoisotopic (exact) mass is 692 g/mol. The molecule has 6 aromatic carbocycles. The van der Waals surface area contributed by atoms with E-state index in [0.717, 1.165) is 35.8 Å². The SMILES string of the molecule is CC.CC.CCCC[NH+]1Cc2c(/C=C/c3ccccc3S)cc3ccccc3c2-c2c(c(C3=Cc4ccccc4CS3)cc3ccccc23)C1. The highest BCUT2D eigenvalue weighted by Gasteiger charge is 2.30. The van der Waals surface area contributed by atoms with Crippen LogP contribution in [-0.4, -0.2) is 6.54 Å². The smallest absolute Gasteiger partial charge is 0.104 e. The third kappa shape index (κ3) is 7.23. The Morgan fingerprint density at radius 2 is 1.28 bits per heavy atom. The van der Waals surface area contributed by atoms with Crippen molar-refractivity contribution >= 4 is 69.1 Å². The molecule has 2 aliphatic rings. The Kier molecular flexibility index (Phi) is 12.0. The molecule has 2 aliphatic heterocycles. The number of thioether (sulfide) groups is 1. The van der Waals surface area contributed by atoms with Crippen LogP contribution in [0.4, 0.5) is 0 Å². The molecule has 0 bridgehead atoms. The number of benzene rings is 6. The molecule has 3 heteroatoms. The summed E-state index contributed by atoms with van der Waals surface area (Å²) in [6.45, 7) is 13.5. The minimum absolute atomic E-state index is 1.000. The van der Waals surface area contributed by atoms with Crippen molar-refractivity contribution in [2.24, 2.45) is 0 Å². The van der Waals surface area contributed by atoms with Crippen molar-refractivity contribution in [2.75, 3.05) is 6.54 Å². The van der Waals surface area contributed by atoms with Crippen molar-refractivity contribution in [3.05, 3.63) is 148 Å². The van der Waals surface area contributed by atoms with Crippen LogP contribution in [0.1, 0.15) is 86.4 Å². The van der Waals surface area contributed by atoms with Gasteiger partial charge in [0.15, 0.2) is 0 Å². The molecule has 8 rings (SSSR count).